The summed E-state index contributed by atoms with van der Waals surface area (Å²) in [4.78, 5) is 12.0. The van der Waals surface area contributed by atoms with Gasteiger partial charge in [-0.1, -0.05) is 0 Å². The van der Waals surface area contributed by atoms with Gasteiger partial charge in [0, 0.05) is 0 Å². The van der Waals surface area contributed by atoms with E-state index in [1.165, 1.54) is 17.2 Å². The van der Waals surface area contributed by atoms with Gasteiger partial charge >= 0.3 is 5.97 Å². The smallest absolute Gasteiger partial charge is 0.333 e. The Morgan fingerprint density at radius 1 is 1.45 bits per heavy atom. The Balaban J connectivity index is 2.36. The summed E-state index contributed by atoms with van der Waals surface area (Å²) in [6.07, 6.45) is 4.25. The lowest BCUT2D eigenvalue weighted by molar-refractivity contribution is -0.143. The second kappa shape index (κ2) is 1.81. The van der Waals surface area contributed by atoms with Crippen LogP contribution in [0.5, 0.6) is 0 Å². The van der Waals surface area contributed by atoms with E-state index in [0.29, 0.717) is 12.8 Å². The monoisotopic (exact) mass is 153 g/mol. The van der Waals surface area contributed by atoms with E-state index in [1.54, 1.807) is 0 Å². The van der Waals surface area contributed by atoms with Gasteiger partial charge in [0.15, 0.2) is 5.54 Å². The highest BCUT2D eigenvalue weighted by atomic mass is 16.4. The molecule has 0 atom stereocenters. The Morgan fingerprint density at radius 3 is 2.36 bits per heavy atom. The highest BCUT2D eigenvalue weighted by molar-refractivity contribution is 5.79. The van der Waals surface area contributed by atoms with Gasteiger partial charge in [-0.05, 0) is 12.8 Å². The minimum absolute atomic E-state index is 0.636. The number of hydrogen-bond donors (Lipinski definition) is 1. The number of aliphatic carboxylic acids is 1. The number of carboxylic acid groups (broad SMARTS) is 1. The van der Waals surface area contributed by atoms with E-state index >= 15 is 0 Å². The standard InChI is InChI=1S/C6H7N3O2/c10-5(11)6(1-2-6)9-7-3-4-8-9/h3-4H,1-2H2,(H,10,11). The predicted octanol–water partition coefficient (Wildman–Crippen LogP) is -0.148. The maximum atomic E-state index is 10.7. The van der Waals surface area contributed by atoms with E-state index in [2.05, 4.69) is 10.2 Å². The highest BCUT2D eigenvalue weighted by Gasteiger charge is 2.54. The van der Waals surface area contributed by atoms with Crippen LogP contribution >= 0.6 is 0 Å². The summed E-state index contributed by atoms with van der Waals surface area (Å²) >= 11 is 0. The molecule has 0 radical (unpaired) electrons. The maximum absolute atomic E-state index is 10.7. The summed E-state index contributed by atoms with van der Waals surface area (Å²) in [6, 6.07) is 0. The molecule has 0 amide bonds. The van der Waals surface area contributed by atoms with Crippen LogP contribution in [0.2, 0.25) is 0 Å². The van der Waals surface area contributed by atoms with E-state index in [-0.39, 0.29) is 0 Å². The molecule has 1 saturated carbocycles. The van der Waals surface area contributed by atoms with E-state index in [0.717, 1.165) is 0 Å². The van der Waals surface area contributed by atoms with Crippen LogP contribution in [0.4, 0.5) is 0 Å². The first kappa shape index (κ1) is 6.33. The molecule has 1 N–H and O–H groups in total. The average molecular weight is 153 g/mol. The van der Waals surface area contributed by atoms with E-state index in [4.69, 9.17) is 5.11 Å². The van der Waals surface area contributed by atoms with Gasteiger partial charge in [0.2, 0.25) is 0 Å². The molecule has 1 aromatic heterocycles. The van der Waals surface area contributed by atoms with Crippen molar-refractivity contribution in [3.05, 3.63) is 12.4 Å². The van der Waals surface area contributed by atoms with Crippen molar-refractivity contribution in [2.75, 3.05) is 0 Å². The normalized spacial score (nSPS) is 19.6. The number of carboxylic acids is 1. The lowest BCUT2D eigenvalue weighted by atomic mass is 10.3. The van der Waals surface area contributed by atoms with Crippen LogP contribution in [0, 0.1) is 0 Å². The predicted molar refractivity (Wildman–Crippen MR) is 34.9 cm³/mol. The molecule has 11 heavy (non-hydrogen) atoms. The molecule has 0 bridgehead atoms. The SMILES string of the molecule is O=C(O)C1(n2nccn2)CC1. The van der Waals surface area contributed by atoms with E-state index < -0.39 is 11.5 Å². The molecular formula is C6H7N3O2. The Morgan fingerprint density at radius 2 is 2.00 bits per heavy atom. The molecule has 2 rings (SSSR count). The summed E-state index contributed by atoms with van der Waals surface area (Å²) in [5.74, 6) is -0.839. The van der Waals surface area contributed by atoms with Crippen molar-refractivity contribution in [1.29, 1.82) is 0 Å². The number of nitrogens with zero attached hydrogens (tertiary/aromatic N) is 3. The fraction of sp³-hybridized carbons (Fsp3) is 0.500. The van der Waals surface area contributed by atoms with Crippen molar-refractivity contribution in [1.82, 2.24) is 15.0 Å². The number of rotatable bonds is 2. The third-order valence-corrected chi connectivity index (χ3v) is 1.92. The van der Waals surface area contributed by atoms with Gasteiger partial charge in [0.1, 0.15) is 0 Å². The van der Waals surface area contributed by atoms with Crippen molar-refractivity contribution >= 4 is 5.97 Å². The minimum Gasteiger partial charge on any atom is -0.479 e. The molecule has 1 aromatic rings. The zero-order valence-electron chi connectivity index (χ0n) is 5.77. The summed E-state index contributed by atoms with van der Waals surface area (Å²) in [6.45, 7) is 0. The van der Waals surface area contributed by atoms with E-state index in [1.807, 2.05) is 0 Å². The first-order chi connectivity index (χ1) is 5.26. The van der Waals surface area contributed by atoms with Crippen LogP contribution in [0.1, 0.15) is 12.8 Å². The Kier molecular flexibility index (Phi) is 1.04. The van der Waals surface area contributed by atoms with Gasteiger partial charge in [-0.2, -0.15) is 15.0 Å². The molecular weight excluding hydrogens is 146 g/mol. The van der Waals surface area contributed by atoms with Crippen LogP contribution in [-0.2, 0) is 10.3 Å². The number of aromatic nitrogens is 3. The molecule has 1 fully saturated rings. The van der Waals surface area contributed by atoms with Crippen LogP contribution in [0.15, 0.2) is 12.4 Å². The molecule has 0 spiro atoms. The Bertz CT molecular complexity index is 276. The third kappa shape index (κ3) is 0.736. The van der Waals surface area contributed by atoms with Crippen molar-refractivity contribution in [2.45, 2.75) is 18.4 Å². The molecule has 0 unspecified atom stereocenters. The summed E-state index contributed by atoms with van der Waals surface area (Å²) in [7, 11) is 0. The fourth-order valence-corrected chi connectivity index (χ4v) is 1.05. The van der Waals surface area contributed by atoms with Gasteiger partial charge in [0.05, 0.1) is 12.4 Å². The molecule has 5 nitrogen and oxygen atoms in total. The summed E-state index contributed by atoms with van der Waals surface area (Å²) in [5, 5.41) is 16.4. The molecule has 0 aromatic carbocycles. The zero-order chi connectivity index (χ0) is 7.90. The molecule has 0 aliphatic heterocycles. The molecule has 1 heterocycles. The second-order valence-corrected chi connectivity index (χ2v) is 2.66. The van der Waals surface area contributed by atoms with Crippen LogP contribution in [0.25, 0.3) is 0 Å². The average Bonchev–Trinajstić information content (AvgIpc) is 2.61. The Labute approximate surface area is 62.6 Å². The topological polar surface area (TPSA) is 68.0 Å². The first-order valence-electron chi connectivity index (χ1n) is 3.36. The molecule has 1 aliphatic carbocycles. The quantitative estimate of drug-likeness (QED) is 0.641. The number of hydrogen-bond acceptors (Lipinski definition) is 3. The van der Waals surface area contributed by atoms with Gasteiger partial charge in [-0.15, -0.1) is 0 Å². The van der Waals surface area contributed by atoms with Gasteiger partial charge in [-0.25, -0.2) is 4.79 Å². The minimum atomic E-state index is -0.839. The van der Waals surface area contributed by atoms with Crippen LogP contribution in [-0.4, -0.2) is 26.1 Å². The Hall–Kier alpha value is -1.39. The van der Waals surface area contributed by atoms with Gasteiger partial charge in [0.25, 0.3) is 0 Å². The van der Waals surface area contributed by atoms with Crippen LogP contribution in [0.3, 0.4) is 0 Å². The maximum Gasteiger partial charge on any atom is 0.333 e. The number of carbonyl (C=O) groups is 1. The van der Waals surface area contributed by atoms with Gasteiger partial charge in [-0.3, -0.25) is 0 Å². The first-order valence-corrected chi connectivity index (χ1v) is 3.36. The molecule has 1 aliphatic rings. The van der Waals surface area contributed by atoms with Crippen molar-refractivity contribution in [2.24, 2.45) is 0 Å². The third-order valence-electron chi connectivity index (χ3n) is 1.92. The lowest BCUT2D eigenvalue weighted by Gasteiger charge is -2.06. The van der Waals surface area contributed by atoms with Crippen LogP contribution < -0.4 is 0 Å². The summed E-state index contributed by atoms with van der Waals surface area (Å²) in [5.41, 5.74) is -0.816. The largest absolute Gasteiger partial charge is 0.479 e. The highest BCUT2D eigenvalue weighted by Crippen LogP contribution is 2.42. The van der Waals surface area contributed by atoms with Crippen molar-refractivity contribution < 1.29 is 9.90 Å². The molecule has 0 saturated heterocycles. The van der Waals surface area contributed by atoms with Gasteiger partial charge < -0.3 is 5.11 Å². The lowest BCUT2D eigenvalue weighted by Crippen LogP contribution is -2.29. The van der Waals surface area contributed by atoms with E-state index in [9.17, 15) is 4.79 Å². The second-order valence-electron chi connectivity index (χ2n) is 2.66. The molecule has 58 valence electrons. The van der Waals surface area contributed by atoms with Crippen molar-refractivity contribution in [3.8, 4) is 0 Å². The summed E-state index contributed by atoms with van der Waals surface area (Å²) < 4.78 is 0. The van der Waals surface area contributed by atoms with Crippen molar-refractivity contribution in [3.63, 3.8) is 0 Å². The zero-order valence-corrected chi connectivity index (χ0v) is 5.77. The molecule has 5 heteroatoms. The fourth-order valence-electron chi connectivity index (χ4n) is 1.05.